The Hall–Kier alpha value is -2.79. The number of benzene rings is 1. The molecule has 1 atom stereocenters. The highest BCUT2D eigenvalue weighted by Crippen LogP contribution is 2.31. The van der Waals surface area contributed by atoms with Crippen LogP contribution in [0.4, 0.5) is 8.78 Å². The number of ether oxygens (including phenoxy) is 1. The van der Waals surface area contributed by atoms with Crippen molar-refractivity contribution in [1.82, 2.24) is 15.3 Å². The lowest BCUT2D eigenvalue weighted by atomic mass is 10.0. The summed E-state index contributed by atoms with van der Waals surface area (Å²) in [5.74, 6) is -2.91. The minimum absolute atomic E-state index is 0.0951. The zero-order valence-corrected chi connectivity index (χ0v) is 12.6. The van der Waals surface area contributed by atoms with Gasteiger partial charge in [-0.25, -0.2) is 13.8 Å². The van der Waals surface area contributed by atoms with Gasteiger partial charge >= 0.3 is 0 Å². The van der Waals surface area contributed by atoms with Gasteiger partial charge in [0.1, 0.15) is 11.8 Å². The standard InChI is InChI=1S/C16H14F2N4O2/c17-16(18)8-20-4-3-14(16)24-13-2-1-10(5-11(13)7-19)12-6-15(23)22-9-21-12/h1-2,5-6,9,14,20H,3-4,8H2,(H,21,22,23). The van der Waals surface area contributed by atoms with E-state index in [0.717, 1.165) is 0 Å². The number of rotatable bonds is 3. The molecule has 1 fully saturated rings. The summed E-state index contributed by atoms with van der Waals surface area (Å²) in [6, 6.07) is 7.73. The second-order valence-corrected chi connectivity index (χ2v) is 5.45. The first kappa shape index (κ1) is 16.1. The van der Waals surface area contributed by atoms with Gasteiger partial charge in [-0.05, 0) is 24.7 Å². The van der Waals surface area contributed by atoms with E-state index in [1.807, 2.05) is 6.07 Å². The average molecular weight is 332 g/mol. The van der Waals surface area contributed by atoms with Crippen LogP contribution in [-0.4, -0.2) is 35.1 Å². The lowest BCUT2D eigenvalue weighted by molar-refractivity contribution is -0.109. The van der Waals surface area contributed by atoms with Gasteiger partial charge in [0.05, 0.1) is 24.1 Å². The van der Waals surface area contributed by atoms with Crippen LogP contribution in [0.2, 0.25) is 0 Å². The van der Waals surface area contributed by atoms with Gasteiger partial charge in [-0.2, -0.15) is 5.26 Å². The largest absolute Gasteiger partial charge is 0.483 e. The van der Waals surface area contributed by atoms with Crippen LogP contribution >= 0.6 is 0 Å². The molecule has 1 aliphatic heterocycles. The Kier molecular flexibility index (Phi) is 4.27. The summed E-state index contributed by atoms with van der Waals surface area (Å²) in [4.78, 5) is 17.8. The third-order valence-electron chi connectivity index (χ3n) is 3.76. The summed E-state index contributed by atoms with van der Waals surface area (Å²) in [5, 5.41) is 11.9. The molecular formula is C16H14F2N4O2. The Labute approximate surface area is 136 Å². The predicted molar refractivity (Wildman–Crippen MR) is 81.9 cm³/mol. The maximum atomic E-state index is 13.9. The molecule has 0 saturated carbocycles. The quantitative estimate of drug-likeness (QED) is 0.892. The van der Waals surface area contributed by atoms with Crippen molar-refractivity contribution in [3.63, 3.8) is 0 Å². The molecule has 6 nitrogen and oxygen atoms in total. The topological polar surface area (TPSA) is 90.8 Å². The lowest BCUT2D eigenvalue weighted by Gasteiger charge is -2.32. The molecule has 2 aromatic rings. The third kappa shape index (κ3) is 3.26. The molecule has 8 heteroatoms. The Morgan fingerprint density at radius 3 is 2.92 bits per heavy atom. The van der Waals surface area contributed by atoms with E-state index in [-0.39, 0.29) is 23.3 Å². The van der Waals surface area contributed by atoms with Crippen LogP contribution in [0.1, 0.15) is 12.0 Å². The van der Waals surface area contributed by atoms with E-state index in [0.29, 0.717) is 17.8 Å². The molecule has 1 aromatic heterocycles. The van der Waals surface area contributed by atoms with Gasteiger partial charge in [-0.3, -0.25) is 4.79 Å². The summed E-state index contributed by atoms with van der Waals surface area (Å²) in [7, 11) is 0. The summed E-state index contributed by atoms with van der Waals surface area (Å²) in [5.41, 5.74) is 0.702. The minimum atomic E-state index is -3.00. The number of piperidine rings is 1. The van der Waals surface area contributed by atoms with Gasteiger partial charge in [-0.1, -0.05) is 0 Å². The van der Waals surface area contributed by atoms with E-state index in [1.54, 1.807) is 6.07 Å². The van der Waals surface area contributed by atoms with Crippen LogP contribution in [0, 0.1) is 11.3 Å². The number of hydrogen-bond donors (Lipinski definition) is 2. The van der Waals surface area contributed by atoms with Crippen molar-refractivity contribution in [2.75, 3.05) is 13.1 Å². The fourth-order valence-corrected chi connectivity index (χ4v) is 2.52. The smallest absolute Gasteiger partial charge is 0.296 e. The fourth-order valence-electron chi connectivity index (χ4n) is 2.52. The molecule has 124 valence electrons. The molecule has 0 amide bonds. The molecule has 3 rings (SSSR count). The maximum absolute atomic E-state index is 13.9. The van der Waals surface area contributed by atoms with Crippen molar-refractivity contribution in [1.29, 1.82) is 5.26 Å². The van der Waals surface area contributed by atoms with Gasteiger partial charge < -0.3 is 15.0 Å². The fraction of sp³-hybridized carbons (Fsp3) is 0.312. The first-order chi connectivity index (χ1) is 11.5. The third-order valence-corrected chi connectivity index (χ3v) is 3.76. The monoisotopic (exact) mass is 332 g/mol. The summed E-state index contributed by atoms with van der Waals surface area (Å²) in [6.45, 7) is -0.0225. The van der Waals surface area contributed by atoms with Crippen LogP contribution in [0.5, 0.6) is 5.75 Å². The zero-order valence-electron chi connectivity index (χ0n) is 12.6. The van der Waals surface area contributed by atoms with E-state index in [1.165, 1.54) is 24.5 Å². The van der Waals surface area contributed by atoms with Gasteiger partial charge in [0.25, 0.3) is 11.5 Å². The van der Waals surface area contributed by atoms with Crippen molar-refractivity contribution in [3.8, 4) is 23.1 Å². The van der Waals surface area contributed by atoms with Crippen molar-refractivity contribution in [3.05, 3.63) is 46.5 Å². The number of nitrogens with one attached hydrogen (secondary N) is 2. The summed E-state index contributed by atoms with van der Waals surface area (Å²) in [6.07, 6.45) is 0.119. The molecule has 2 N–H and O–H groups in total. The molecule has 1 unspecified atom stereocenters. The molecule has 0 radical (unpaired) electrons. The molecule has 2 heterocycles. The van der Waals surface area contributed by atoms with E-state index in [2.05, 4.69) is 15.3 Å². The second kappa shape index (κ2) is 6.37. The highest BCUT2D eigenvalue weighted by molar-refractivity contribution is 5.63. The van der Waals surface area contributed by atoms with Crippen LogP contribution in [0.3, 0.4) is 0 Å². The SMILES string of the molecule is N#Cc1cc(-c2cc(=O)[nH]cn2)ccc1OC1CCNCC1(F)F. The Morgan fingerprint density at radius 1 is 1.38 bits per heavy atom. The van der Waals surface area contributed by atoms with Crippen molar-refractivity contribution in [2.24, 2.45) is 0 Å². The van der Waals surface area contributed by atoms with E-state index in [9.17, 15) is 18.8 Å². The van der Waals surface area contributed by atoms with Gasteiger partial charge in [-0.15, -0.1) is 0 Å². The van der Waals surface area contributed by atoms with Crippen LogP contribution in [0.25, 0.3) is 11.3 Å². The van der Waals surface area contributed by atoms with Gasteiger partial charge in [0.15, 0.2) is 6.10 Å². The predicted octanol–water partition coefficient (Wildman–Crippen LogP) is 1.68. The van der Waals surface area contributed by atoms with Crippen LogP contribution in [0.15, 0.2) is 35.4 Å². The molecular weight excluding hydrogens is 318 g/mol. The average Bonchev–Trinajstić information content (AvgIpc) is 2.57. The Morgan fingerprint density at radius 2 is 2.21 bits per heavy atom. The molecule has 1 aliphatic rings. The second-order valence-electron chi connectivity index (χ2n) is 5.45. The Bertz CT molecular complexity index is 844. The minimum Gasteiger partial charge on any atom is -0.483 e. The molecule has 1 saturated heterocycles. The molecule has 0 aliphatic carbocycles. The number of nitriles is 1. The lowest BCUT2D eigenvalue weighted by Crippen LogP contribution is -2.52. The van der Waals surface area contributed by atoms with Crippen LogP contribution in [-0.2, 0) is 0 Å². The number of nitrogens with zero attached hydrogens (tertiary/aromatic N) is 2. The number of aromatic amines is 1. The molecule has 0 bridgehead atoms. The summed E-state index contributed by atoms with van der Waals surface area (Å²) >= 11 is 0. The van der Waals surface area contributed by atoms with Crippen molar-refractivity contribution in [2.45, 2.75) is 18.4 Å². The molecule has 1 aromatic carbocycles. The number of aromatic nitrogens is 2. The zero-order chi connectivity index (χ0) is 17.2. The van der Waals surface area contributed by atoms with E-state index in [4.69, 9.17) is 4.74 Å². The van der Waals surface area contributed by atoms with Gasteiger partial charge in [0, 0.05) is 18.1 Å². The first-order valence-electron chi connectivity index (χ1n) is 7.34. The Balaban J connectivity index is 1.90. The van der Waals surface area contributed by atoms with E-state index < -0.39 is 18.6 Å². The van der Waals surface area contributed by atoms with Crippen molar-refractivity contribution >= 4 is 0 Å². The van der Waals surface area contributed by atoms with E-state index >= 15 is 0 Å². The molecule has 24 heavy (non-hydrogen) atoms. The van der Waals surface area contributed by atoms with Crippen LogP contribution < -0.4 is 15.6 Å². The normalized spacial score (nSPS) is 19.5. The number of alkyl halides is 2. The number of hydrogen-bond acceptors (Lipinski definition) is 5. The van der Waals surface area contributed by atoms with Crippen molar-refractivity contribution < 1.29 is 13.5 Å². The summed E-state index contributed by atoms with van der Waals surface area (Å²) < 4.78 is 33.1. The maximum Gasteiger partial charge on any atom is 0.296 e. The highest BCUT2D eigenvalue weighted by Gasteiger charge is 2.43. The number of halogens is 2. The molecule has 0 spiro atoms. The number of H-pyrrole nitrogens is 1. The first-order valence-corrected chi connectivity index (χ1v) is 7.34. The van der Waals surface area contributed by atoms with Gasteiger partial charge in [0.2, 0.25) is 0 Å². The highest BCUT2D eigenvalue weighted by atomic mass is 19.3.